The monoisotopic (exact) mass is 283 g/mol. The number of unbranched alkanes of at least 4 members (excludes halogenated alkanes) is 2. The van der Waals surface area contributed by atoms with Crippen LogP contribution in [0.25, 0.3) is 0 Å². The summed E-state index contributed by atoms with van der Waals surface area (Å²) in [5.41, 5.74) is 4.53. The molecule has 1 heterocycles. The number of anilines is 1. The van der Waals surface area contributed by atoms with Crippen LogP contribution in [0.3, 0.4) is 0 Å². The lowest BCUT2D eigenvalue weighted by molar-refractivity contribution is 0.717. The first-order valence-electron chi connectivity index (χ1n) is 7.83. The normalized spacial score (nSPS) is 12.1. The first kappa shape index (κ1) is 15.5. The second-order valence-corrected chi connectivity index (χ2v) is 5.55. The van der Waals surface area contributed by atoms with Gasteiger partial charge in [-0.2, -0.15) is 0 Å². The van der Waals surface area contributed by atoms with Gasteiger partial charge in [0.15, 0.2) is 0 Å². The lowest BCUT2D eigenvalue weighted by Crippen LogP contribution is -2.10. The van der Waals surface area contributed by atoms with Crippen LogP contribution in [0.5, 0.6) is 0 Å². The highest BCUT2D eigenvalue weighted by atomic mass is 15.0. The highest BCUT2D eigenvalue weighted by Gasteiger charge is 2.10. The van der Waals surface area contributed by atoms with E-state index in [4.69, 9.17) is 0 Å². The maximum Gasteiger partial charge on any atom is 0.0835 e. The Hall–Kier alpha value is -1.90. The third kappa shape index (κ3) is 4.55. The molecule has 1 unspecified atom stereocenters. The van der Waals surface area contributed by atoms with Crippen molar-refractivity contribution in [3.05, 3.63) is 53.6 Å². The molecule has 0 aliphatic carbocycles. The molecular formula is C18H25N3. The zero-order chi connectivity index (χ0) is 15.1. The Balaban J connectivity index is 1.95. The number of benzene rings is 1. The minimum absolute atomic E-state index is 0.157. The molecule has 0 saturated carbocycles. The largest absolute Gasteiger partial charge is 0.377 e. The van der Waals surface area contributed by atoms with E-state index in [9.17, 15) is 0 Å². The molecule has 1 aromatic carbocycles. The molecule has 2 aromatic rings. The topological polar surface area (TPSA) is 37.8 Å². The van der Waals surface area contributed by atoms with E-state index in [0.29, 0.717) is 0 Å². The summed E-state index contributed by atoms with van der Waals surface area (Å²) in [4.78, 5) is 8.71. The molecule has 0 fully saturated rings. The molecule has 0 aliphatic rings. The van der Waals surface area contributed by atoms with Crippen molar-refractivity contribution >= 4 is 5.69 Å². The average molecular weight is 283 g/mol. The predicted molar refractivity (Wildman–Crippen MR) is 88.5 cm³/mol. The van der Waals surface area contributed by atoms with Crippen molar-refractivity contribution in [1.29, 1.82) is 0 Å². The number of nitrogens with zero attached hydrogens (tertiary/aromatic N) is 2. The molecule has 3 nitrogen and oxygen atoms in total. The molecule has 21 heavy (non-hydrogen) atoms. The van der Waals surface area contributed by atoms with Crippen LogP contribution in [0.1, 0.15) is 56.1 Å². The van der Waals surface area contributed by atoms with E-state index < -0.39 is 0 Å². The summed E-state index contributed by atoms with van der Waals surface area (Å²) in [6.45, 7) is 6.35. The van der Waals surface area contributed by atoms with Gasteiger partial charge in [0.25, 0.3) is 0 Å². The first-order chi connectivity index (χ1) is 10.2. The number of aryl methyl sites for hydroxylation is 2. The Labute approximate surface area is 127 Å². The van der Waals surface area contributed by atoms with Crippen LogP contribution in [-0.2, 0) is 6.42 Å². The van der Waals surface area contributed by atoms with Crippen molar-refractivity contribution < 1.29 is 0 Å². The van der Waals surface area contributed by atoms with Crippen molar-refractivity contribution in [3.8, 4) is 0 Å². The quantitative estimate of drug-likeness (QED) is 0.749. The van der Waals surface area contributed by atoms with Crippen molar-refractivity contribution in [2.75, 3.05) is 5.32 Å². The van der Waals surface area contributed by atoms with Gasteiger partial charge < -0.3 is 5.32 Å². The zero-order valence-corrected chi connectivity index (χ0v) is 13.3. The van der Waals surface area contributed by atoms with Gasteiger partial charge in [0.1, 0.15) is 0 Å². The lowest BCUT2D eigenvalue weighted by atomic mass is 10.1. The van der Waals surface area contributed by atoms with Gasteiger partial charge in [0, 0.05) is 18.1 Å². The van der Waals surface area contributed by atoms with E-state index in [0.717, 1.165) is 17.1 Å². The molecule has 2 rings (SSSR count). The summed E-state index contributed by atoms with van der Waals surface area (Å²) in [6.07, 6.45) is 8.51. The van der Waals surface area contributed by atoms with E-state index in [-0.39, 0.29) is 6.04 Å². The smallest absolute Gasteiger partial charge is 0.0835 e. The summed E-state index contributed by atoms with van der Waals surface area (Å²) in [6, 6.07) is 8.90. The van der Waals surface area contributed by atoms with Gasteiger partial charge in [-0.3, -0.25) is 9.97 Å². The molecule has 112 valence electrons. The van der Waals surface area contributed by atoms with Gasteiger partial charge >= 0.3 is 0 Å². The molecule has 0 spiro atoms. The molecule has 0 bridgehead atoms. The van der Waals surface area contributed by atoms with Crippen molar-refractivity contribution in [2.45, 2.75) is 52.5 Å². The predicted octanol–water partition coefficient (Wildman–Crippen LogP) is 4.69. The lowest BCUT2D eigenvalue weighted by Gasteiger charge is -2.16. The Morgan fingerprint density at radius 2 is 1.76 bits per heavy atom. The van der Waals surface area contributed by atoms with Crippen LogP contribution < -0.4 is 5.32 Å². The van der Waals surface area contributed by atoms with Gasteiger partial charge in [-0.15, -0.1) is 0 Å². The van der Waals surface area contributed by atoms with E-state index in [2.05, 4.69) is 53.4 Å². The second kappa shape index (κ2) is 7.77. The fraction of sp³-hybridized carbons (Fsp3) is 0.444. The Morgan fingerprint density at radius 1 is 1.05 bits per heavy atom. The van der Waals surface area contributed by atoms with Gasteiger partial charge in [0.2, 0.25) is 0 Å². The van der Waals surface area contributed by atoms with Gasteiger partial charge in [-0.1, -0.05) is 31.9 Å². The van der Waals surface area contributed by atoms with Crippen molar-refractivity contribution in [1.82, 2.24) is 9.97 Å². The van der Waals surface area contributed by atoms with Crippen LogP contribution in [0, 0.1) is 6.92 Å². The Morgan fingerprint density at radius 3 is 2.43 bits per heavy atom. The van der Waals surface area contributed by atoms with Crippen LogP contribution in [0.15, 0.2) is 36.7 Å². The van der Waals surface area contributed by atoms with Crippen LogP contribution in [-0.4, -0.2) is 9.97 Å². The molecule has 1 N–H and O–H groups in total. The van der Waals surface area contributed by atoms with Gasteiger partial charge in [-0.05, 0) is 44.4 Å². The van der Waals surface area contributed by atoms with E-state index in [1.165, 1.54) is 31.2 Å². The molecule has 0 radical (unpaired) electrons. The van der Waals surface area contributed by atoms with Gasteiger partial charge in [0.05, 0.1) is 17.4 Å². The fourth-order valence-corrected chi connectivity index (χ4v) is 2.51. The molecule has 1 atom stereocenters. The third-order valence-corrected chi connectivity index (χ3v) is 3.74. The molecule has 0 aliphatic heterocycles. The SMILES string of the molecule is CCCCCc1ccc(NC(C)c2nccnc2C)cc1. The minimum atomic E-state index is 0.157. The maximum absolute atomic E-state index is 4.42. The van der Waals surface area contributed by atoms with E-state index >= 15 is 0 Å². The molecule has 0 amide bonds. The van der Waals surface area contributed by atoms with Crippen molar-refractivity contribution in [3.63, 3.8) is 0 Å². The zero-order valence-electron chi connectivity index (χ0n) is 13.3. The van der Waals surface area contributed by atoms with Crippen LogP contribution >= 0.6 is 0 Å². The van der Waals surface area contributed by atoms with Crippen LogP contribution in [0.2, 0.25) is 0 Å². The standard InChI is InChI=1S/C18H25N3/c1-4-5-6-7-16-8-10-17(11-9-16)21-15(3)18-14(2)19-12-13-20-18/h8-13,15,21H,4-7H2,1-3H3. The minimum Gasteiger partial charge on any atom is -0.377 e. The van der Waals surface area contributed by atoms with E-state index in [1.807, 2.05) is 6.92 Å². The number of hydrogen-bond donors (Lipinski definition) is 1. The summed E-state index contributed by atoms with van der Waals surface area (Å²) in [7, 11) is 0. The van der Waals surface area contributed by atoms with E-state index in [1.54, 1.807) is 12.4 Å². The number of rotatable bonds is 7. The molecule has 1 aromatic heterocycles. The average Bonchev–Trinajstić information content (AvgIpc) is 2.49. The summed E-state index contributed by atoms with van der Waals surface area (Å²) >= 11 is 0. The summed E-state index contributed by atoms with van der Waals surface area (Å²) < 4.78 is 0. The third-order valence-electron chi connectivity index (χ3n) is 3.74. The highest BCUT2D eigenvalue weighted by Crippen LogP contribution is 2.20. The maximum atomic E-state index is 4.42. The first-order valence-corrected chi connectivity index (χ1v) is 7.83. The molecule has 0 saturated heterocycles. The summed E-state index contributed by atoms with van der Waals surface area (Å²) in [5.74, 6) is 0. The fourth-order valence-electron chi connectivity index (χ4n) is 2.51. The Bertz CT molecular complexity index is 549. The number of aromatic nitrogens is 2. The Kier molecular flexibility index (Phi) is 5.73. The highest BCUT2D eigenvalue weighted by molar-refractivity contribution is 5.46. The van der Waals surface area contributed by atoms with Crippen LogP contribution in [0.4, 0.5) is 5.69 Å². The number of nitrogens with one attached hydrogen (secondary N) is 1. The molecular weight excluding hydrogens is 258 g/mol. The number of hydrogen-bond acceptors (Lipinski definition) is 3. The summed E-state index contributed by atoms with van der Waals surface area (Å²) in [5, 5.41) is 3.49. The second-order valence-electron chi connectivity index (χ2n) is 5.55. The van der Waals surface area contributed by atoms with Gasteiger partial charge in [-0.25, -0.2) is 0 Å². The molecule has 3 heteroatoms. The van der Waals surface area contributed by atoms with Crippen molar-refractivity contribution in [2.24, 2.45) is 0 Å².